The molecule has 20 heavy (non-hydrogen) atoms. The van der Waals surface area contributed by atoms with Gasteiger partial charge in [0.2, 0.25) is 0 Å². The number of hydrogen-bond donors (Lipinski definition) is 1. The summed E-state index contributed by atoms with van der Waals surface area (Å²) in [6, 6.07) is 8.81. The van der Waals surface area contributed by atoms with Crippen LogP contribution < -0.4 is 10.2 Å². The van der Waals surface area contributed by atoms with Gasteiger partial charge in [-0.3, -0.25) is 4.98 Å². The van der Waals surface area contributed by atoms with Crippen LogP contribution in [0.1, 0.15) is 19.3 Å². The molecular weight excluding hydrogens is 248 g/mol. The lowest BCUT2D eigenvalue weighted by molar-refractivity contribution is 0.244. The van der Waals surface area contributed by atoms with E-state index < -0.39 is 0 Å². The number of fused-ring (bicyclic) bond motifs is 2. The predicted molar refractivity (Wildman–Crippen MR) is 80.9 cm³/mol. The molecule has 2 aliphatic heterocycles. The molecule has 1 N–H and O–H groups in total. The summed E-state index contributed by atoms with van der Waals surface area (Å²) >= 11 is 0. The molecule has 104 valence electrons. The highest BCUT2D eigenvalue weighted by atomic mass is 15.2. The topological polar surface area (TPSA) is 41.1 Å². The Hall–Kier alpha value is -1.68. The second-order valence-electron chi connectivity index (χ2n) is 5.91. The number of nitrogens with one attached hydrogen (secondary N) is 1. The van der Waals surface area contributed by atoms with Gasteiger partial charge in [-0.05, 0) is 43.9 Å². The molecule has 4 nitrogen and oxygen atoms in total. The van der Waals surface area contributed by atoms with Crippen LogP contribution in [0.4, 0.5) is 5.82 Å². The van der Waals surface area contributed by atoms with E-state index in [1.165, 1.54) is 25.8 Å². The van der Waals surface area contributed by atoms with E-state index in [0.717, 1.165) is 35.9 Å². The minimum atomic E-state index is 0.716. The fraction of sp³-hybridized carbons (Fsp3) is 0.500. The highest BCUT2D eigenvalue weighted by Crippen LogP contribution is 2.27. The standard InChI is InChI=1S/C16H20N4/c1-2-6-15-14(5-1)18-10-16(19-15)20-9-7-13-12(11-20)4-3-8-17-13/h1-2,5-6,10,12-13,17H,3-4,7-9,11H2/t12-,13+/m0/s1. The zero-order chi connectivity index (χ0) is 13.4. The normalized spacial score (nSPS) is 26.5. The molecule has 0 amide bonds. The minimum absolute atomic E-state index is 0.716. The Kier molecular flexibility index (Phi) is 3.03. The second-order valence-corrected chi connectivity index (χ2v) is 5.91. The number of hydrogen-bond acceptors (Lipinski definition) is 4. The first kappa shape index (κ1) is 12.1. The van der Waals surface area contributed by atoms with Gasteiger partial charge in [0.15, 0.2) is 0 Å². The maximum absolute atomic E-state index is 4.78. The molecule has 0 unspecified atom stereocenters. The maximum Gasteiger partial charge on any atom is 0.147 e. The zero-order valence-electron chi connectivity index (χ0n) is 11.6. The Morgan fingerprint density at radius 1 is 1.15 bits per heavy atom. The van der Waals surface area contributed by atoms with Gasteiger partial charge in [0.25, 0.3) is 0 Å². The van der Waals surface area contributed by atoms with E-state index in [4.69, 9.17) is 4.98 Å². The Balaban J connectivity index is 1.59. The van der Waals surface area contributed by atoms with E-state index in [9.17, 15) is 0 Å². The fourth-order valence-electron chi connectivity index (χ4n) is 3.55. The van der Waals surface area contributed by atoms with Crippen molar-refractivity contribution in [3.05, 3.63) is 30.5 Å². The molecule has 2 fully saturated rings. The summed E-state index contributed by atoms with van der Waals surface area (Å²) in [5, 5.41) is 3.66. The van der Waals surface area contributed by atoms with Crippen molar-refractivity contribution in [2.75, 3.05) is 24.5 Å². The summed E-state index contributed by atoms with van der Waals surface area (Å²) in [4.78, 5) is 11.7. The van der Waals surface area contributed by atoms with E-state index >= 15 is 0 Å². The first-order chi connectivity index (χ1) is 9.90. The van der Waals surface area contributed by atoms with Crippen LogP contribution in [0.15, 0.2) is 30.5 Å². The largest absolute Gasteiger partial charge is 0.355 e. The molecule has 4 rings (SSSR count). The monoisotopic (exact) mass is 268 g/mol. The molecule has 4 heteroatoms. The summed E-state index contributed by atoms with van der Waals surface area (Å²) in [6.45, 7) is 3.39. The van der Waals surface area contributed by atoms with Crippen LogP contribution in [0.3, 0.4) is 0 Å². The molecule has 2 saturated heterocycles. The van der Waals surface area contributed by atoms with Crippen LogP contribution in [0, 0.1) is 5.92 Å². The molecule has 2 aromatic rings. The average Bonchev–Trinajstić information content (AvgIpc) is 2.54. The van der Waals surface area contributed by atoms with Crippen LogP contribution >= 0.6 is 0 Å². The molecule has 0 radical (unpaired) electrons. The molecule has 2 atom stereocenters. The van der Waals surface area contributed by atoms with Crippen molar-refractivity contribution in [3.63, 3.8) is 0 Å². The minimum Gasteiger partial charge on any atom is -0.355 e. The second kappa shape index (κ2) is 5.02. The lowest BCUT2D eigenvalue weighted by Gasteiger charge is -2.42. The van der Waals surface area contributed by atoms with Crippen molar-refractivity contribution < 1.29 is 0 Å². The van der Waals surface area contributed by atoms with Gasteiger partial charge in [-0.1, -0.05) is 12.1 Å². The van der Waals surface area contributed by atoms with Gasteiger partial charge in [0.05, 0.1) is 17.2 Å². The first-order valence-corrected chi connectivity index (χ1v) is 7.60. The highest BCUT2D eigenvalue weighted by molar-refractivity contribution is 5.75. The van der Waals surface area contributed by atoms with E-state index in [-0.39, 0.29) is 0 Å². The van der Waals surface area contributed by atoms with Crippen molar-refractivity contribution in [3.8, 4) is 0 Å². The molecule has 1 aromatic heterocycles. The van der Waals surface area contributed by atoms with Crippen molar-refractivity contribution in [2.24, 2.45) is 5.92 Å². The van der Waals surface area contributed by atoms with Crippen LogP contribution in [0.2, 0.25) is 0 Å². The van der Waals surface area contributed by atoms with Gasteiger partial charge in [-0.25, -0.2) is 4.98 Å². The Morgan fingerprint density at radius 2 is 2.05 bits per heavy atom. The lowest BCUT2D eigenvalue weighted by atomic mass is 9.85. The Bertz CT molecular complexity index is 612. The zero-order valence-corrected chi connectivity index (χ0v) is 11.6. The molecule has 1 aromatic carbocycles. The Morgan fingerprint density at radius 3 is 3.00 bits per heavy atom. The van der Waals surface area contributed by atoms with Crippen LogP contribution in [-0.2, 0) is 0 Å². The molecule has 2 aliphatic rings. The average molecular weight is 268 g/mol. The van der Waals surface area contributed by atoms with Gasteiger partial charge < -0.3 is 10.2 Å². The van der Waals surface area contributed by atoms with Gasteiger partial charge in [-0.2, -0.15) is 0 Å². The Labute approximate surface area is 119 Å². The van der Waals surface area contributed by atoms with Gasteiger partial charge in [0.1, 0.15) is 5.82 Å². The van der Waals surface area contributed by atoms with Crippen molar-refractivity contribution >= 4 is 16.9 Å². The first-order valence-electron chi connectivity index (χ1n) is 7.60. The molecule has 0 aliphatic carbocycles. The number of rotatable bonds is 1. The van der Waals surface area contributed by atoms with Crippen molar-refractivity contribution in [2.45, 2.75) is 25.3 Å². The smallest absolute Gasteiger partial charge is 0.147 e. The molecular formula is C16H20N4. The van der Waals surface area contributed by atoms with E-state index in [2.05, 4.69) is 15.2 Å². The third kappa shape index (κ3) is 2.14. The lowest BCUT2D eigenvalue weighted by Crippen LogP contribution is -2.52. The van der Waals surface area contributed by atoms with Crippen LogP contribution in [0.5, 0.6) is 0 Å². The number of para-hydroxylation sites is 2. The van der Waals surface area contributed by atoms with Gasteiger partial charge >= 0.3 is 0 Å². The summed E-state index contributed by atoms with van der Waals surface area (Å²) in [5.41, 5.74) is 1.97. The molecule has 0 saturated carbocycles. The molecule has 3 heterocycles. The van der Waals surface area contributed by atoms with Gasteiger partial charge in [0, 0.05) is 19.1 Å². The fourth-order valence-corrected chi connectivity index (χ4v) is 3.55. The molecule has 0 spiro atoms. The van der Waals surface area contributed by atoms with Gasteiger partial charge in [-0.15, -0.1) is 0 Å². The van der Waals surface area contributed by atoms with E-state index in [1.807, 2.05) is 30.5 Å². The number of piperidine rings is 2. The van der Waals surface area contributed by atoms with Crippen molar-refractivity contribution in [1.29, 1.82) is 0 Å². The predicted octanol–water partition coefficient (Wildman–Crippen LogP) is 2.21. The summed E-state index contributed by atoms with van der Waals surface area (Å²) in [5.74, 6) is 1.80. The highest BCUT2D eigenvalue weighted by Gasteiger charge is 2.31. The number of benzene rings is 1. The summed E-state index contributed by atoms with van der Waals surface area (Å²) in [6.07, 6.45) is 5.80. The van der Waals surface area contributed by atoms with E-state index in [1.54, 1.807) is 0 Å². The number of anilines is 1. The van der Waals surface area contributed by atoms with Crippen LogP contribution in [-0.4, -0.2) is 35.6 Å². The quantitative estimate of drug-likeness (QED) is 0.861. The third-order valence-corrected chi connectivity index (χ3v) is 4.65. The summed E-state index contributed by atoms with van der Waals surface area (Å²) in [7, 11) is 0. The van der Waals surface area contributed by atoms with Crippen molar-refractivity contribution in [1.82, 2.24) is 15.3 Å². The SMILES string of the molecule is c1ccc2nc(N3CC[C@H]4NCCC[C@H]4C3)cnc2c1. The molecule has 0 bridgehead atoms. The third-order valence-electron chi connectivity index (χ3n) is 4.65. The summed E-state index contributed by atoms with van der Waals surface area (Å²) < 4.78 is 0. The number of aromatic nitrogens is 2. The maximum atomic E-state index is 4.78. The van der Waals surface area contributed by atoms with E-state index in [0.29, 0.717) is 6.04 Å². The number of nitrogens with zero attached hydrogens (tertiary/aromatic N) is 3. The van der Waals surface area contributed by atoms with Crippen LogP contribution in [0.25, 0.3) is 11.0 Å².